The molecule has 0 saturated carbocycles. The summed E-state index contributed by atoms with van der Waals surface area (Å²) in [6, 6.07) is 13.8. The summed E-state index contributed by atoms with van der Waals surface area (Å²) in [6.45, 7) is 6.80. The molecule has 0 radical (unpaired) electrons. The van der Waals surface area contributed by atoms with E-state index in [4.69, 9.17) is 4.43 Å². The minimum Gasteiger partial charge on any atom is -0.403 e. The number of hydrogen-bond donors (Lipinski definition) is 0. The summed E-state index contributed by atoms with van der Waals surface area (Å²) in [5.74, 6) is 0. The van der Waals surface area contributed by atoms with E-state index in [-0.39, 0.29) is 6.10 Å². The van der Waals surface area contributed by atoms with Crippen molar-refractivity contribution in [2.75, 3.05) is 0 Å². The fraction of sp³-hybridized carbons (Fsp3) is 0.438. The van der Waals surface area contributed by atoms with Crippen molar-refractivity contribution in [3.63, 3.8) is 0 Å². The Morgan fingerprint density at radius 3 is 2.35 bits per heavy atom. The minimum absolute atomic E-state index is 0.00252. The molecule has 0 aliphatic heterocycles. The molecule has 1 unspecified atom stereocenters. The van der Waals surface area contributed by atoms with Crippen molar-refractivity contribution < 1.29 is 4.43 Å². The Kier molecular flexibility index (Phi) is 5.52. The maximum absolute atomic E-state index is 6.70. The quantitative estimate of drug-likeness (QED) is 0.651. The number of rotatable bonds is 7. The summed E-state index contributed by atoms with van der Waals surface area (Å²) < 4.78 is 6.70. The molecule has 0 fully saturated rings. The lowest BCUT2D eigenvalue weighted by Gasteiger charge is -2.32. The van der Waals surface area contributed by atoms with Crippen molar-refractivity contribution in [1.29, 1.82) is 0 Å². The van der Waals surface area contributed by atoms with Gasteiger partial charge in [-0.2, -0.15) is 0 Å². The Balaban J connectivity index is 2.33. The number of thiophene rings is 1. The van der Waals surface area contributed by atoms with Crippen LogP contribution in [0.2, 0.25) is 18.1 Å². The molecule has 0 N–H and O–H groups in total. The van der Waals surface area contributed by atoms with Crippen molar-refractivity contribution in [3.8, 4) is 0 Å². The normalized spacial score (nSPS) is 13.3. The smallest absolute Gasteiger partial charge is 0.193 e. The van der Waals surface area contributed by atoms with Crippen molar-refractivity contribution in [2.45, 2.75) is 45.0 Å². The van der Waals surface area contributed by atoms with Gasteiger partial charge in [0.2, 0.25) is 0 Å². The summed E-state index contributed by atoms with van der Waals surface area (Å²) in [5.41, 5.74) is 1.03. The largest absolute Gasteiger partial charge is 0.403 e. The fourth-order valence-corrected chi connectivity index (χ4v) is 6.08. The Hall–Kier alpha value is -0.973. The van der Waals surface area contributed by atoms with Crippen LogP contribution in [0, 0.1) is 0 Å². The molecule has 2 aromatic rings. The fourth-order valence-electron chi connectivity index (χ4n) is 2.49. The van der Waals surface area contributed by atoms with E-state index >= 15 is 0 Å². The van der Waals surface area contributed by atoms with Gasteiger partial charge in [-0.3, -0.25) is 4.98 Å². The van der Waals surface area contributed by atoms with Crippen LogP contribution in [0.4, 0.5) is 0 Å². The monoisotopic (exact) mass is 305 g/mol. The molecule has 0 spiro atoms. The first-order chi connectivity index (χ1) is 9.74. The molecule has 0 saturated heterocycles. The second kappa shape index (κ2) is 7.15. The lowest BCUT2D eigenvalue weighted by molar-refractivity contribution is 0.229. The van der Waals surface area contributed by atoms with Crippen LogP contribution in [0.15, 0.2) is 41.9 Å². The third-order valence-electron chi connectivity index (χ3n) is 4.06. The summed E-state index contributed by atoms with van der Waals surface area (Å²) in [5, 5.41) is 2.11. The van der Waals surface area contributed by atoms with Crippen LogP contribution in [-0.4, -0.2) is 13.3 Å². The molecule has 0 amide bonds. The highest BCUT2D eigenvalue weighted by Crippen LogP contribution is 2.35. The molecule has 2 rings (SSSR count). The Morgan fingerprint density at radius 2 is 1.85 bits per heavy atom. The van der Waals surface area contributed by atoms with Crippen LogP contribution in [0.1, 0.15) is 37.4 Å². The van der Waals surface area contributed by atoms with Gasteiger partial charge in [0.25, 0.3) is 0 Å². The zero-order valence-electron chi connectivity index (χ0n) is 12.5. The molecule has 0 bridgehead atoms. The molecular weight excluding hydrogens is 282 g/mol. The van der Waals surface area contributed by atoms with Crippen LogP contribution in [0.3, 0.4) is 0 Å². The van der Waals surface area contributed by atoms with Crippen LogP contribution in [-0.2, 0) is 4.43 Å². The molecule has 20 heavy (non-hydrogen) atoms. The highest BCUT2D eigenvalue weighted by molar-refractivity contribution is 7.10. The van der Waals surface area contributed by atoms with Gasteiger partial charge in [-0.1, -0.05) is 32.9 Å². The standard InChI is InChI=1S/C16H23NOSSi/c1-4-20(5-2,6-3)18-16(15-11-9-13-19-15)14-10-7-8-12-17-14/h7-13,16H,4-6H2,1-3H3. The van der Waals surface area contributed by atoms with Gasteiger partial charge in [-0.25, -0.2) is 0 Å². The SMILES string of the molecule is CC[Si](CC)(CC)OC(c1ccccn1)c1cccs1. The van der Waals surface area contributed by atoms with E-state index in [2.05, 4.69) is 49.3 Å². The van der Waals surface area contributed by atoms with E-state index in [1.54, 1.807) is 11.3 Å². The first-order valence-corrected chi connectivity index (χ1v) is 10.8. The van der Waals surface area contributed by atoms with E-state index < -0.39 is 8.32 Å². The Labute approximate surface area is 127 Å². The molecule has 0 aliphatic rings. The molecule has 1 atom stereocenters. The highest BCUT2D eigenvalue weighted by atomic mass is 32.1. The molecular formula is C16H23NOSSi. The van der Waals surface area contributed by atoms with Gasteiger partial charge in [-0.15, -0.1) is 11.3 Å². The van der Waals surface area contributed by atoms with Gasteiger partial charge in [0, 0.05) is 11.1 Å². The molecule has 0 aromatic carbocycles. The van der Waals surface area contributed by atoms with Crippen molar-refractivity contribution in [2.24, 2.45) is 0 Å². The molecule has 2 aromatic heterocycles. The van der Waals surface area contributed by atoms with Crippen LogP contribution >= 0.6 is 11.3 Å². The summed E-state index contributed by atoms with van der Waals surface area (Å²) >= 11 is 1.76. The Morgan fingerprint density at radius 1 is 1.10 bits per heavy atom. The first-order valence-electron chi connectivity index (χ1n) is 7.36. The van der Waals surface area contributed by atoms with Crippen molar-refractivity contribution in [1.82, 2.24) is 4.98 Å². The Bertz CT molecular complexity index is 488. The molecule has 4 heteroatoms. The number of nitrogens with zero attached hydrogens (tertiary/aromatic N) is 1. The summed E-state index contributed by atoms with van der Waals surface area (Å²) in [4.78, 5) is 5.79. The topological polar surface area (TPSA) is 22.1 Å². The molecule has 2 heterocycles. The second-order valence-electron chi connectivity index (χ2n) is 5.01. The summed E-state index contributed by atoms with van der Waals surface area (Å²) in [6.07, 6.45) is 1.86. The summed E-state index contributed by atoms with van der Waals surface area (Å²) in [7, 11) is -1.65. The predicted octanol–water partition coefficient (Wildman–Crippen LogP) is 5.25. The van der Waals surface area contributed by atoms with Gasteiger partial charge < -0.3 is 4.43 Å². The van der Waals surface area contributed by atoms with Gasteiger partial charge in [-0.05, 0) is 41.7 Å². The number of pyridine rings is 1. The van der Waals surface area contributed by atoms with E-state index in [1.165, 1.54) is 4.88 Å². The second-order valence-corrected chi connectivity index (χ2v) is 10.7. The third-order valence-corrected chi connectivity index (χ3v) is 9.58. The zero-order chi connectivity index (χ0) is 14.4. The van der Waals surface area contributed by atoms with Crippen molar-refractivity contribution in [3.05, 3.63) is 52.5 Å². The molecule has 2 nitrogen and oxygen atoms in total. The van der Waals surface area contributed by atoms with Gasteiger partial charge in [0.05, 0.1) is 5.69 Å². The highest BCUT2D eigenvalue weighted by Gasteiger charge is 2.33. The van der Waals surface area contributed by atoms with Crippen LogP contribution < -0.4 is 0 Å². The van der Waals surface area contributed by atoms with Gasteiger partial charge in [0.1, 0.15) is 6.10 Å². The van der Waals surface area contributed by atoms with E-state index in [9.17, 15) is 0 Å². The molecule has 0 aliphatic carbocycles. The first kappa shape index (κ1) is 15.4. The third kappa shape index (κ3) is 3.37. The average molecular weight is 306 g/mol. The number of aromatic nitrogens is 1. The number of hydrogen-bond acceptors (Lipinski definition) is 3. The van der Waals surface area contributed by atoms with Crippen LogP contribution in [0.25, 0.3) is 0 Å². The maximum Gasteiger partial charge on any atom is 0.193 e. The average Bonchev–Trinajstić information content (AvgIpc) is 3.04. The van der Waals surface area contributed by atoms with E-state index in [0.717, 1.165) is 23.8 Å². The van der Waals surface area contributed by atoms with E-state index in [0.29, 0.717) is 0 Å². The maximum atomic E-state index is 6.70. The van der Waals surface area contributed by atoms with Crippen LogP contribution in [0.5, 0.6) is 0 Å². The minimum atomic E-state index is -1.65. The van der Waals surface area contributed by atoms with Crippen molar-refractivity contribution >= 4 is 19.7 Å². The van der Waals surface area contributed by atoms with Gasteiger partial charge >= 0.3 is 0 Å². The molecule has 108 valence electrons. The zero-order valence-corrected chi connectivity index (χ0v) is 14.3. The predicted molar refractivity (Wildman–Crippen MR) is 88.7 cm³/mol. The lowest BCUT2D eigenvalue weighted by Crippen LogP contribution is -2.37. The van der Waals surface area contributed by atoms with E-state index in [1.807, 2.05) is 18.3 Å². The lowest BCUT2D eigenvalue weighted by atomic mass is 10.2. The van der Waals surface area contributed by atoms with Gasteiger partial charge in [0.15, 0.2) is 8.32 Å².